The van der Waals surface area contributed by atoms with Crippen LogP contribution in [0.1, 0.15) is 0 Å². The van der Waals surface area contributed by atoms with E-state index in [0.29, 0.717) is 26.4 Å². The van der Waals surface area contributed by atoms with E-state index in [0.717, 1.165) is 24.6 Å². The van der Waals surface area contributed by atoms with Gasteiger partial charge in [-0.1, -0.05) is 12.1 Å². The average molecular weight is 304 g/mol. The Kier molecular flexibility index (Phi) is 8.37. The number of fused-ring (bicyclic) bond motifs is 1. The minimum Gasteiger partial charge on any atom is -0.486 e. The average Bonchev–Trinajstić information content (AvgIpc) is 2.46. The Morgan fingerprint density at radius 2 is 2.00 bits per heavy atom. The molecule has 0 fully saturated rings. The van der Waals surface area contributed by atoms with E-state index >= 15 is 0 Å². The Morgan fingerprint density at radius 1 is 1.20 bits per heavy atom. The van der Waals surface area contributed by atoms with Crippen molar-refractivity contribution in [2.45, 2.75) is 6.10 Å². The highest BCUT2D eigenvalue weighted by Gasteiger charge is 2.19. The van der Waals surface area contributed by atoms with E-state index in [1.165, 1.54) is 0 Å². The summed E-state index contributed by atoms with van der Waals surface area (Å²) in [5, 5.41) is 3.29. The third kappa shape index (κ3) is 5.54. The first-order valence-corrected chi connectivity index (χ1v) is 6.56. The molecule has 2 rings (SSSR count). The van der Waals surface area contributed by atoms with E-state index < -0.39 is 0 Å². The van der Waals surface area contributed by atoms with Gasteiger partial charge in [0.2, 0.25) is 0 Å². The van der Waals surface area contributed by atoms with Gasteiger partial charge in [0, 0.05) is 20.2 Å². The molecule has 1 aliphatic rings. The van der Waals surface area contributed by atoms with Crippen molar-refractivity contribution in [2.75, 3.05) is 46.6 Å². The highest BCUT2D eigenvalue weighted by molar-refractivity contribution is 5.85. The van der Waals surface area contributed by atoms with Crippen LogP contribution in [0.4, 0.5) is 0 Å². The fourth-order valence-corrected chi connectivity index (χ4v) is 1.82. The summed E-state index contributed by atoms with van der Waals surface area (Å²) in [7, 11) is 1.67. The number of para-hydroxylation sites is 2. The van der Waals surface area contributed by atoms with E-state index in [1.54, 1.807) is 7.11 Å². The summed E-state index contributed by atoms with van der Waals surface area (Å²) in [6, 6.07) is 7.73. The molecular weight excluding hydrogens is 282 g/mol. The van der Waals surface area contributed by atoms with Crippen LogP contribution >= 0.6 is 12.4 Å². The first kappa shape index (κ1) is 17.0. The SMILES string of the molecule is COCCOCCNCC1COc2ccccc2O1.Cl. The van der Waals surface area contributed by atoms with Crippen LogP contribution < -0.4 is 14.8 Å². The van der Waals surface area contributed by atoms with Crippen LogP contribution in [0, 0.1) is 0 Å². The van der Waals surface area contributed by atoms with Crippen LogP contribution in [0.25, 0.3) is 0 Å². The molecular formula is C14H22ClNO4. The second-order valence-corrected chi connectivity index (χ2v) is 4.31. The van der Waals surface area contributed by atoms with Gasteiger partial charge in [0.1, 0.15) is 12.7 Å². The van der Waals surface area contributed by atoms with Crippen molar-refractivity contribution in [3.05, 3.63) is 24.3 Å². The summed E-state index contributed by atoms with van der Waals surface area (Å²) in [6.07, 6.45) is 0.0499. The smallest absolute Gasteiger partial charge is 0.161 e. The Labute approximate surface area is 126 Å². The minimum absolute atomic E-state index is 0. The van der Waals surface area contributed by atoms with E-state index in [-0.39, 0.29) is 18.5 Å². The maximum Gasteiger partial charge on any atom is 0.161 e. The molecule has 0 saturated carbocycles. The molecule has 1 aromatic rings. The largest absolute Gasteiger partial charge is 0.486 e. The van der Waals surface area contributed by atoms with Crippen LogP contribution in [0.5, 0.6) is 11.5 Å². The zero-order valence-corrected chi connectivity index (χ0v) is 12.5. The van der Waals surface area contributed by atoms with Crippen LogP contribution in [-0.4, -0.2) is 52.7 Å². The summed E-state index contributed by atoms with van der Waals surface area (Å²) in [6.45, 7) is 4.07. The Bertz CT molecular complexity index is 378. The van der Waals surface area contributed by atoms with Crippen LogP contribution in [0.3, 0.4) is 0 Å². The summed E-state index contributed by atoms with van der Waals surface area (Å²) in [5.41, 5.74) is 0. The van der Waals surface area contributed by atoms with Gasteiger partial charge < -0.3 is 24.3 Å². The summed E-state index contributed by atoms with van der Waals surface area (Å²) >= 11 is 0. The fraction of sp³-hybridized carbons (Fsp3) is 0.571. The van der Waals surface area contributed by atoms with E-state index in [1.807, 2.05) is 24.3 Å². The number of rotatable bonds is 8. The molecule has 1 aliphatic heterocycles. The van der Waals surface area contributed by atoms with Crippen LogP contribution in [0.15, 0.2) is 24.3 Å². The second kappa shape index (κ2) is 9.83. The lowest BCUT2D eigenvalue weighted by molar-refractivity contribution is 0.0662. The maximum atomic E-state index is 5.83. The maximum absolute atomic E-state index is 5.83. The van der Waals surface area contributed by atoms with Gasteiger partial charge in [-0.25, -0.2) is 0 Å². The molecule has 1 heterocycles. The number of hydrogen-bond donors (Lipinski definition) is 1. The van der Waals surface area contributed by atoms with Gasteiger partial charge in [0.15, 0.2) is 11.5 Å². The molecule has 0 aromatic heterocycles. The Morgan fingerprint density at radius 3 is 2.80 bits per heavy atom. The van der Waals surface area contributed by atoms with Crippen molar-refractivity contribution in [1.82, 2.24) is 5.32 Å². The number of hydrogen-bond acceptors (Lipinski definition) is 5. The summed E-state index contributed by atoms with van der Waals surface area (Å²) < 4.78 is 21.7. The number of halogens is 1. The van der Waals surface area contributed by atoms with Gasteiger partial charge in [-0.05, 0) is 12.1 Å². The molecule has 20 heavy (non-hydrogen) atoms. The lowest BCUT2D eigenvalue weighted by atomic mass is 10.2. The summed E-state index contributed by atoms with van der Waals surface area (Å²) in [5.74, 6) is 1.64. The van der Waals surface area contributed by atoms with E-state index in [4.69, 9.17) is 18.9 Å². The lowest BCUT2D eigenvalue weighted by Gasteiger charge is -2.26. The minimum atomic E-state index is 0. The van der Waals surface area contributed by atoms with Crippen molar-refractivity contribution < 1.29 is 18.9 Å². The quantitative estimate of drug-likeness (QED) is 0.738. The standard InChI is InChI=1S/C14H21NO4.ClH/c1-16-8-9-17-7-6-15-10-12-11-18-13-4-2-3-5-14(13)19-12;/h2-5,12,15H,6-11H2,1H3;1H. The molecule has 1 aromatic carbocycles. The zero-order valence-electron chi connectivity index (χ0n) is 11.7. The number of nitrogens with one attached hydrogen (secondary N) is 1. The topological polar surface area (TPSA) is 49.0 Å². The van der Waals surface area contributed by atoms with Crippen molar-refractivity contribution in [3.8, 4) is 11.5 Å². The zero-order chi connectivity index (χ0) is 13.3. The van der Waals surface area contributed by atoms with Crippen molar-refractivity contribution >= 4 is 12.4 Å². The Hall–Kier alpha value is -1.01. The lowest BCUT2D eigenvalue weighted by Crippen LogP contribution is -2.39. The number of ether oxygens (including phenoxy) is 4. The molecule has 0 aliphatic carbocycles. The normalized spacial score (nSPS) is 16.6. The molecule has 1 unspecified atom stereocenters. The molecule has 5 nitrogen and oxygen atoms in total. The van der Waals surface area contributed by atoms with Crippen LogP contribution in [0.2, 0.25) is 0 Å². The Balaban J connectivity index is 0.00000200. The third-order valence-corrected chi connectivity index (χ3v) is 2.79. The van der Waals surface area contributed by atoms with Crippen LogP contribution in [-0.2, 0) is 9.47 Å². The molecule has 6 heteroatoms. The number of methoxy groups -OCH3 is 1. The van der Waals surface area contributed by atoms with E-state index in [2.05, 4.69) is 5.32 Å². The second-order valence-electron chi connectivity index (χ2n) is 4.31. The van der Waals surface area contributed by atoms with Crippen molar-refractivity contribution in [3.63, 3.8) is 0 Å². The molecule has 0 bridgehead atoms. The molecule has 1 atom stereocenters. The molecule has 0 saturated heterocycles. The fourth-order valence-electron chi connectivity index (χ4n) is 1.82. The van der Waals surface area contributed by atoms with Gasteiger partial charge in [-0.3, -0.25) is 0 Å². The highest BCUT2D eigenvalue weighted by Crippen LogP contribution is 2.30. The molecule has 1 N–H and O–H groups in total. The highest BCUT2D eigenvalue weighted by atomic mass is 35.5. The molecule has 0 spiro atoms. The van der Waals surface area contributed by atoms with E-state index in [9.17, 15) is 0 Å². The van der Waals surface area contributed by atoms with Crippen molar-refractivity contribution in [2.24, 2.45) is 0 Å². The summed E-state index contributed by atoms with van der Waals surface area (Å²) in [4.78, 5) is 0. The molecule has 0 amide bonds. The predicted octanol–water partition coefficient (Wildman–Crippen LogP) is 1.50. The first-order valence-electron chi connectivity index (χ1n) is 6.56. The monoisotopic (exact) mass is 303 g/mol. The third-order valence-electron chi connectivity index (χ3n) is 2.79. The molecule has 114 valence electrons. The number of benzene rings is 1. The van der Waals surface area contributed by atoms with Gasteiger partial charge in [0.05, 0.1) is 19.8 Å². The van der Waals surface area contributed by atoms with Gasteiger partial charge in [-0.2, -0.15) is 0 Å². The first-order chi connectivity index (χ1) is 9.40. The predicted molar refractivity (Wildman–Crippen MR) is 79.2 cm³/mol. The van der Waals surface area contributed by atoms with Crippen molar-refractivity contribution in [1.29, 1.82) is 0 Å². The van der Waals surface area contributed by atoms with Gasteiger partial charge >= 0.3 is 0 Å². The van der Waals surface area contributed by atoms with Gasteiger partial charge in [-0.15, -0.1) is 12.4 Å². The molecule has 0 radical (unpaired) electrons. The van der Waals surface area contributed by atoms with Gasteiger partial charge in [0.25, 0.3) is 0 Å².